The first kappa shape index (κ1) is 15.6. The molecule has 0 unspecified atom stereocenters. The molecule has 23 heavy (non-hydrogen) atoms. The van der Waals surface area contributed by atoms with E-state index in [-0.39, 0.29) is 18.2 Å². The Bertz CT molecular complexity index is 744. The van der Waals surface area contributed by atoms with Crippen LogP contribution in [-0.4, -0.2) is 29.1 Å². The minimum absolute atomic E-state index is 0.0838. The van der Waals surface area contributed by atoms with Crippen molar-refractivity contribution in [1.29, 1.82) is 0 Å². The Morgan fingerprint density at radius 2 is 2.26 bits per heavy atom. The molecule has 120 valence electrons. The number of hydrogen-bond donors (Lipinski definition) is 1. The largest absolute Gasteiger partial charge is 0.465 e. The molecule has 1 atom stereocenters. The van der Waals surface area contributed by atoms with Gasteiger partial charge in [0.1, 0.15) is 16.5 Å². The van der Waals surface area contributed by atoms with Crippen molar-refractivity contribution >= 4 is 29.3 Å². The molecule has 1 aliphatic heterocycles. The number of fused-ring (bicyclic) bond motifs is 1. The summed E-state index contributed by atoms with van der Waals surface area (Å²) in [7, 11) is 1.71. The molecule has 0 radical (unpaired) electrons. The maximum atomic E-state index is 12.4. The normalized spacial score (nSPS) is 17.0. The van der Waals surface area contributed by atoms with E-state index in [2.05, 4.69) is 10.3 Å². The Kier molecular flexibility index (Phi) is 4.38. The molecule has 2 aromatic rings. The lowest BCUT2D eigenvalue weighted by Crippen LogP contribution is -2.41. The number of thioether (sulfide) groups is 1. The fourth-order valence-electron chi connectivity index (χ4n) is 2.38. The fraction of sp³-hybridized carbons (Fsp3) is 0.312. The molecule has 7 heteroatoms. The van der Waals surface area contributed by atoms with Crippen LogP contribution in [0.4, 0.5) is 5.69 Å². The van der Waals surface area contributed by atoms with E-state index < -0.39 is 5.25 Å². The highest BCUT2D eigenvalue weighted by molar-refractivity contribution is 8.00. The molecule has 3 heterocycles. The van der Waals surface area contributed by atoms with Crippen molar-refractivity contribution < 1.29 is 14.0 Å². The summed E-state index contributed by atoms with van der Waals surface area (Å²) >= 11 is 1.34. The second-order valence-electron chi connectivity index (χ2n) is 5.32. The maximum absolute atomic E-state index is 12.4. The van der Waals surface area contributed by atoms with Crippen LogP contribution in [0, 0.1) is 6.92 Å². The fourth-order valence-corrected chi connectivity index (χ4v) is 3.59. The van der Waals surface area contributed by atoms with Crippen LogP contribution in [0.2, 0.25) is 0 Å². The summed E-state index contributed by atoms with van der Waals surface area (Å²) in [6.07, 6.45) is 1.80. The van der Waals surface area contributed by atoms with Crippen LogP contribution in [0.15, 0.2) is 39.9 Å². The molecule has 6 nitrogen and oxygen atoms in total. The first-order valence-electron chi connectivity index (χ1n) is 7.26. The average Bonchev–Trinajstić information content (AvgIpc) is 2.96. The molecule has 3 rings (SSSR count). The molecule has 2 amide bonds. The van der Waals surface area contributed by atoms with Gasteiger partial charge in [0.2, 0.25) is 11.8 Å². The number of carbonyl (C=O) groups excluding carboxylic acids is 2. The zero-order valence-corrected chi connectivity index (χ0v) is 13.7. The molecule has 1 aliphatic rings. The summed E-state index contributed by atoms with van der Waals surface area (Å²) in [6, 6.07) is 7.31. The predicted molar refractivity (Wildman–Crippen MR) is 87.2 cm³/mol. The molecular formula is C16H17N3O3S. The summed E-state index contributed by atoms with van der Waals surface area (Å²) < 4.78 is 5.40. The van der Waals surface area contributed by atoms with Crippen molar-refractivity contribution in [1.82, 2.24) is 10.3 Å². The summed E-state index contributed by atoms with van der Waals surface area (Å²) in [5.74, 6) is 1.23. The summed E-state index contributed by atoms with van der Waals surface area (Å²) in [5, 5.41) is 3.10. The lowest BCUT2D eigenvalue weighted by molar-refractivity contribution is -0.124. The molecule has 0 saturated heterocycles. The second kappa shape index (κ2) is 6.45. The Hall–Kier alpha value is -2.28. The minimum atomic E-state index is -0.458. The van der Waals surface area contributed by atoms with Gasteiger partial charge in [-0.2, -0.15) is 0 Å². The third-order valence-corrected chi connectivity index (χ3v) is 4.79. The monoisotopic (exact) mass is 331 g/mol. The highest BCUT2D eigenvalue weighted by atomic mass is 32.2. The highest BCUT2D eigenvalue weighted by Gasteiger charge is 2.33. The number of anilines is 1. The quantitative estimate of drug-likeness (QED) is 0.929. The Balaban J connectivity index is 1.61. The van der Waals surface area contributed by atoms with E-state index in [0.29, 0.717) is 12.3 Å². The summed E-state index contributed by atoms with van der Waals surface area (Å²) in [5.41, 5.74) is 0.783. The van der Waals surface area contributed by atoms with Crippen LogP contribution >= 0.6 is 11.8 Å². The third kappa shape index (κ3) is 3.39. The number of nitrogens with zero attached hydrogens (tertiary/aromatic N) is 2. The van der Waals surface area contributed by atoms with E-state index in [4.69, 9.17) is 4.42 Å². The van der Waals surface area contributed by atoms with Gasteiger partial charge in [-0.05, 0) is 31.2 Å². The van der Waals surface area contributed by atoms with Crippen molar-refractivity contribution in [2.75, 3.05) is 11.9 Å². The number of aryl methyl sites for hydroxylation is 1. The van der Waals surface area contributed by atoms with E-state index in [9.17, 15) is 9.59 Å². The number of carbonyl (C=O) groups is 2. The zero-order valence-electron chi connectivity index (χ0n) is 12.9. The van der Waals surface area contributed by atoms with E-state index >= 15 is 0 Å². The van der Waals surface area contributed by atoms with Crippen LogP contribution < -0.4 is 10.2 Å². The van der Waals surface area contributed by atoms with Crippen molar-refractivity contribution in [2.45, 2.75) is 30.2 Å². The summed E-state index contributed by atoms with van der Waals surface area (Å²) in [6.45, 7) is 2.17. The van der Waals surface area contributed by atoms with E-state index in [1.165, 1.54) is 11.8 Å². The number of furan rings is 1. The standard InChI is InChI=1S/C16H17N3O3S/c1-10-5-6-11(22-10)9-18-14(20)8-13-16(21)19(2)12-4-3-7-17-15(12)23-13/h3-7,13H,8-9H2,1-2H3,(H,18,20)/t13-/m0/s1. The molecule has 0 fully saturated rings. The number of rotatable bonds is 4. The van der Waals surface area contributed by atoms with Crippen molar-refractivity contribution in [2.24, 2.45) is 0 Å². The van der Waals surface area contributed by atoms with Gasteiger partial charge in [0.15, 0.2) is 0 Å². The van der Waals surface area contributed by atoms with Crippen molar-refractivity contribution in [3.63, 3.8) is 0 Å². The Labute approximate surface area is 138 Å². The first-order chi connectivity index (χ1) is 11.0. The third-order valence-electron chi connectivity index (χ3n) is 3.60. The van der Waals surface area contributed by atoms with Gasteiger partial charge >= 0.3 is 0 Å². The molecule has 0 saturated carbocycles. The van der Waals surface area contributed by atoms with Gasteiger partial charge in [-0.15, -0.1) is 0 Å². The van der Waals surface area contributed by atoms with Gasteiger partial charge in [0.05, 0.1) is 17.5 Å². The van der Waals surface area contributed by atoms with E-state index in [1.54, 1.807) is 24.2 Å². The molecule has 2 aromatic heterocycles. The molecule has 0 bridgehead atoms. The lowest BCUT2D eigenvalue weighted by atomic mass is 10.2. The number of hydrogen-bond acceptors (Lipinski definition) is 5. The highest BCUT2D eigenvalue weighted by Crippen LogP contribution is 2.37. The van der Waals surface area contributed by atoms with Crippen molar-refractivity contribution in [3.8, 4) is 0 Å². The van der Waals surface area contributed by atoms with Crippen LogP contribution in [-0.2, 0) is 16.1 Å². The second-order valence-corrected chi connectivity index (χ2v) is 6.52. The number of nitrogens with one attached hydrogen (secondary N) is 1. The molecule has 0 aromatic carbocycles. The lowest BCUT2D eigenvalue weighted by Gasteiger charge is -2.29. The molecule has 0 spiro atoms. The van der Waals surface area contributed by atoms with Crippen molar-refractivity contribution in [3.05, 3.63) is 42.0 Å². The number of pyridine rings is 1. The zero-order chi connectivity index (χ0) is 16.4. The Morgan fingerprint density at radius 3 is 3.00 bits per heavy atom. The molecule has 1 N–H and O–H groups in total. The van der Waals surface area contributed by atoms with Gasteiger partial charge in [-0.1, -0.05) is 11.8 Å². The van der Waals surface area contributed by atoms with Gasteiger partial charge in [-0.3, -0.25) is 9.59 Å². The minimum Gasteiger partial charge on any atom is -0.465 e. The SMILES string of the molecule is Cc1ccc(CNC(=O)C[C@@H]2Sc3ncccc3N(C)C2=O)o1. The van der Waals surface area contributed by atoms with Gasteiger partial charge < -0.3 is 14.6 Å². The van der Waals surface area contributed by atoms with Gasteiger partial charge in [-0.25, -0.2) is 4.98 Å². The average molecular weight is 331 g/mol. The van der Waals surface area contributed by atoms with Crippen LogP contribution in [0.25, 0.3) is 0 Å². The summed E-state index contributed by atoms with van der Waals surface area (Å²) in [4.78, 5) is 30.3. The van der Waals surface area contributed by atoms with E-state index in [0.717, 1.165) is 16.5 Å². The topological polar surface area (TPSA) is 75.4 Å². The van der Waals surface area contributed by atoms with Crippen LogP contribution in [0.1, 0.15) is 17.9 Å². The molecular weight excluding hydrogens is 314 g/mol. The maximum Gasteiger partial charge on any atom is 0.240 e. The Morgan fingerprint density at radius 1 is 1.43 bits per heavy atom. The number of aromatic nitrogens is 1. The number of amides is 2. The predicted octanol–water partition coefficient (Wildman–Crippen LogP) is 2.13. The van der Waals surface area contributed by atoms with Crippen LogP contribution in [0.3, 0.4) is 0 Å². The van der Waals surface area contributed by atoms with Crippen LogP contribution in [0.5, 0.6) is 0 Å². The first-order valence-corrected chi connectivity index (χ1v) is 8.14. The van der Waals surface area contributed by atoms with Gasteiger partial charge in [0, 0.05) is 19.7 Å². The van der Waals surface area contributed by atoms with Gasteiger partial charge in [0.25, 0.3) is 0 Å². The van der Waals surface area contributed by atoms with E-state index in [1.807, 2.05) is 25.1 Å². The molecule has 0 aliphatic carbocycles. The smallest absolute Gasteiger partial charge is 0.240 e.